The highest BCUT2D eigenvalue weighted by molar-refractivity contribution is 5.98. The molecule has 1 saturated heterocycles. The minimum Gasteiger partial charge on any atom is -0.497 e. The smallest absolute Gasteiger partial charge is 0.410 e. The van der Waals surface area contributed by atoms with Crippen LogP contribution in [0.3, 0.4) is 0 Å². The van der Waals surface area contributed by atoms with Crippen LogP contribution in [-0.4, -0.2) is 68.4 Å². The highest BCUT2D eigenvalue weighted by atomic mass is 16.6. The number of ether oxygens (including phenoxy) is 3. The number of hydrogen-bond donors (Lipinski definition) is 1. The fourth-order valence-corrected chi connectivity index (χ4v) is 5.87. The molecule has 2 aromatic carbocycles. The third-order valence-corrected chi connectivity index (χ3v) is 8.20. The summed E-state index contributed by atoms with van der Waals surface area (Å²) in [7, 11) is 1.64. The zero-order chi connectivity index (χ0) is 34.5. The van der Waals surface area contributed by atoms with Gasteiger partial charge in [-0.05, 0) is 88.1 Å². The van der Waals surface area contributed by atoms with Crippen molar-refractivity contribution in [3.8, 4) is 17.2 Å². The maximum atomic E-state index is 13.2. The maximum absolute atomic E-state index is 13.2. The molecule has 254 valence electrons. The summed E-state index contributed by atoms with van der Waals surface area (Å²) >= 11 is 0. The maximum Gasteiger partial charge on any atom is 0.410 e. The van der Waals surface area contributed by atoms with E-state index >= 15 is 0 Å². The Morgan fingerprint density at radius 2 is 1.78 bits per heavy atom. The third kappa shape index (κ3) is 8.35. The lowest BCUT2D eigenvalue weighted by molar-refractivity contribution is 0.0206. The molecular formula is C38H42N6O5. The highest BCUT2D eigenvalue weighted by Crippen LogP contribution is 2.35. The molecule has 4 heterocycles. The number of pyridine rings is 2. The van der Waals surface area contributed by atoms with E-state index in [4.69, 9.17) is 24.3 Å². The number of rotatable bonds is 10. The van der Waals surface area contributed by atoms with E-state index in [-0.39, 0.29) is 24.3 Å². The molecule has 49 heavy (non-hydrogen) atoms. The first-order chi connectivity index (χ1) is 23.5. The normalized spacial score (nSPS) is 14.8. The minimum atomic E-state index is -0.578. The Balaban J connectivity index is 1.30. The molecule has 11 heteroatoms. The van der Waals surface area contributed by atoms with Crippen molar-refractivity contribution in [2.45, 2.75) is 65.1 Å². The number of aryl methyl sites for hydroxylation is 1. The first-order valence-corrected chi connectivity index (χ1v) is 16.5. The third-order valence-electron chi connectivity index (χ3n) is 8.20. The van der Waals surface area contributed by atoms with Crippen LogP contribution in [0.15, 0.2) is 79.1 Å². The van der Waals surface area contributed by atoms with Crippen LogP contribution in [-0.2, 0) is 17.7 Å². The molecule has 1 N–H and O–H groups in total. The van der Waals surface area contributed by atoms with Gasteiger partial charge in [0, 0.05) is 48.8 Å². The topological polar surface area (TPSA) is 121 Å². The number of ketones is 1. The number of methoxy groups -OCH3 is 1. The summed E-state index contributed by atoms with van der Waals surface area (Å²) in [6, 6.07) is 20.5. The number of fused-ring (bicyclic) bond motifs is 1. The van der Waals surface area contributed by atoms with Gasteiger partial charge in [-0.15, -0.1) is 0 Å². The van der Waals surface area contributed by atoms with Crippen LogP contribution in [0.1, 0.15) is 60.8 Å². The number of benzene rings is 2. The van der Waals surface area contributed by atoms with Crippen LogP contribution in [0.4, 0.5) is 10.6 Å². The Bertz CT molecular complexity index is 1950. The number of aromatic nitrogens is 4. The van der Waals surface area contributed by atoms with Gasteiger partial charge in [-0.25, -0.2) is 14.5 Å². The predicted octanol–water partition coefficient (Wildman–Crippen LogP) is 7.22. The summed E-state index contributed by atoms with van der Waals surface area (Å²) in [4.78, 5) is 36.9. The lowest BCUT2D eigenvalue weighted by Crippen LogP contribution is -2.47. The van der Waals surface area contributed by atoms with Crippen molar-refractivity contribution in [3.63, 3.8) is 0 Å². The number of carbonyl (C=O) groups excluding carboxylic acids is 2. The lowest BCUT2D eigenvalue weighted by Gasteiger charge is -2.34. The molecule has 11 nitrogen and oxygen atoms in total. The van der Waals surface area contributed by atoms with Crippen molar-refractivity contribution < 1.29 is 23.8 Å². The zero-order valence-corrected chi connectivity index (χ0v) is 28.6. The molecule has 0 unspecified atom stereocenters. The summed E-state index contributed by atoms with van der Waals surface area (Å²) in [6.07, 6.45) is 4.95. The lowest BCUT2D eigenvalue weighted by atomic mass is 10.1. The Morgan fingerprint density at radius 3 is 2.53 bits per heavy atom. The number of anilines is 1. The first-order valence-electron chi connectivity index (χ1n) is 16.5. The van der Waals surface area contributed by atoms with Gasteiger partial charge in [0.15, 0.2) is 17.2 Å². The minimum absolute atomic E-state index is 0.0510. The Morgan fingerprint density at radius 1 is 0.980 bits per heavy atom. The van der Waals surface area contributed by atoms with Crippen molar-refractivity contribution in [2.24, 2.45) is 0 Å². The number of piperidine rings is 1. The highest BCUT2D eigenvalue weighted by Gasteiger charge is 2.29. The number of hydrogen-bond acceptors (Lipinski definition) is 9. The monoisotopic (exact) mass is 662 g/mol. The molecule has 5 aromatic rings. The molecule has 0 bridgehead atoms. The number of likely N-dealkylation sites (tertiary alicyclic amines) is 1. The largest absolute Gasteiger partial charge is 0.497 e. The van der Waals surface area contributed by atoms with E-state index < -0.39 is 5.60 Å². The molecule has 0 aliphatic carbocycles. The number of carbonyl (C=O) groups is 2. The van der Waals surface area contributed by atoms with Crippen molar-refractivity contribution >= 4 is 28.7 Å². The Hall–Kier alpha value is -5.45. The summed E-state index contributed by atoms with van der Waals surface area (Å²) in [6.45, 7) is 9.15. The molecule has 1 aliphatic rings. The predicted molar refractivity (Wildman–Crippen MR) is 188 cm³/mol. The second-order valence-corrected chi connectivity index (χ2v) is 13.3. The molecule has 1 fully saturated rings. The van der Waals surface area contributed by atoms with E-state index in [9.17, 15) is 9.59 Å². The van der Waals surface area contributed by atoms with Crippen molar-refractivity contribution in [1.82, 2.24) is 24.6 Å². The van der Waals surface area contributed by atoms with Crippen molar-refractivity contribution in [3.05, 3.63) is 102 Å². The van der Waals surface area contributed by atoms with Gasteiger partial charge >= 0.3 is 6.09 Å². The average Bonchev–Trinajstić information content (AvgIpc) is 3.41. The summed E-state index contributed by atoms with van der Waals surface area (Å²) in [5.41, 5.74) is 3.38. The quantitative estimate of drug-likeness (QED) is 0.155. The molecule has 0 spiro atoms. The molecular weight excluding hydrogens is 620 g/mol. The Kier molecular flexibility index (Phi) is 9.80. The number of amides is 1. The number of nitrogens with zero attached hydrogens (tertiary/aromatic N) is 5. The van der Waals surface area contributed by atoms with Gasteiger partial charge in [0.2, 0.25) is 0 Å². The van der Waals surface area contributed by atoms with E-state index in [1.54, 1.807) is 42.6 Å². The number of nitrogens with one attached hydrogen (secondary N) is 1. The van der Waals surface area contributed by atoms with E-state index in [2.05, 4.69) is 10.3 Å². The van der Waals surface area contributed by atoms with E-state index in [1.165, 1.54) is 0 Å². The van der Waals surface area contributed by atoms with Crippen LogP contribution in [0.25, 0.3) is 11.0 Å². The summed E-state index contributed by atoms with van der Waals surface area (Å²) < 4.78 is 19.3. The second-order valence-electron chi connectivity index (χ2n) is 13.3. The number of Topliss-reactive ketones (excluding diaryl/α,β-unsaturated/α-hetero) is 1. The van der Waals surface area contributed by atoms with Crippen molar-refractivity contribution in [2.75, 3.05) is 25.5 Å². The van der Waals surface area contributed by atoms with Gasteiger partial charge in [-0.2, -0.15) is 5.10 Å². The molecule has 1 atom stereocenters. The van der Waals surface area contributed by atoms with Crippen LogP contribution in [0, 0.1) is 6.92 Å². The fourth-order valence-electron chi connectivity index (χ4n) is 5.87. The summed E-state index contributed by atoms with van der Waals surface area (Å²) in [5.74, 6) is 2.37. The van der Waals surface area contributed by atoms with Crippen LogP contribution < -0.4 is 14.8 Å². The van der Waals surface area contributed by atoms with E-state index in [1.807, 2.05) is 80.9 Å². The molecule has 6 rings (SSSR count). The van der Waals surface area contributed by atoms with Gasteiger partial charge in [-0.3, -0.25) is 9.78 Å². The van der Waals surface area contributed by atoms with Crippen LogP contribution in [0.5, 0.6) is 17.2 Å². The zero-order valence-electron chi connectivity index (χ0n) is 28.6. The molecule has 0 saturated carbocycles. The SMILES string of the molecule is COc1ccc(Cn2nc(N[C@@H]3CCCN(C(=O)OC(C)(C)C)C3)c3c(Oc4cccc(C(=O)Cc5cc(C)ccn5)c4)ccnc32)cc1. The van der Waals surface area contributed by atoms with E-state index in [0.29, 0.717) is 53.5 Å². The standard InChI is InChI=1S/C38H42N6O5/c1-25-15-17-39-29(20-25)22-32(45)27-8-6-10-31(21-27)48-33-16-18-40-36-34(33)35(42-44(36)23-26-11-13-30(47-5)14-12-26)41-28-9-7-19-43(24-28)37(46)49-38(2,3)4/h6,8,10-18,20-21,28H,7,9,19,22-24H2,1-5H3,(H,41,42)/t28-/m1/s1. The van der Waals surface area contributed by atoms with Crippen molar-refractivity contribution in [1.29, 1.82) is 0 Å². The molecule has 0 radical (unpaired) electrons. The molecule has 3 aromatic heterocycles. The van der Waals surface area contributed by atoms with Crippen LogP contribution >= 0.6 is 0 Å². The second kappa shape index (κ2) is 14.3. The van der Waals surface area contributed by atoms with Gasteiger partial charge < -0.3 is 24.4 Å². The van der Waals surface area contributed by atoms with Crippen LogP contribution in [0.2, 0.25) is 0 Å². The van der Waals surface area contributed by atoms with Gasteiger partial charge in [-0.1, -0.05) is 24.3 Å². The van der Waals surface area contributed by atoms with Gasteiger partial charge in [0.1, 0.15) is 28.2 Å². The first kappa shape index (κ1) is 33.5. The Labute approximate surface area is 286 Å². The van der Waals surface area contributed by atoms with Gasteiger partial charge in [0.05, 0.1) is 20.1 Å². The fraction of sp³-hybridized carbons (Fsp3) is 0.342. The summed E-state index contributed by atoms with van der Waals surface area (Å²) in [5, 5.41) is 9.29. The molecule has 1 amide bonds. The van der Waals surface area contributed by atoms with E-state index in [0.717, 1.165) is 35.4 Å². The average molecular weight is 663 g/mol. The molecule has 1 aliphatic heterocycles. The van der Waals surface area contributed by atoms with Gasteiger partial charge in [0.25, 0.3) is 0 Å².